The van der Waals surface area contributed by atoms with Crippen LogP contribution in [-0.4, -0.2) is 18.9 Å². The van der Waals surface area contributed by atoms with Crippen LogP contribution < -0.4 is 16.0 Å². The molecule has 0 bridgehead atoms. The first-order valence-corrected chi connectivity index (χ1v) is 9.35. The molecule has 2 aromatic carbocycles. The Hall–Kier alpha value is -2.82. The van der Waals surface area contributed by atoms with Crippen molar-refractivity contribution in [2.75, 3.05) is 12.4 Å². The average Bonchev–Trinajstić information content (AvgIpc) is 2.63. The van der Waals surface area contributed by atoms with Gasteiger partial charge in [-0.1, -0.05) is 55.8 Å². The minimum Gasteiger partial charge on any atom is -0.352 e. The van der Waals surface area contributed by atoms with Crippen LogP contribution in [0.5, 0.6) is 0 Å². The number of amides is 1. The van der Waals surface area contributed by atoms with E-state index in [1.807, 2.05) is 38.1 Å². The summed E-state index contributed by atoms with van der Waals surface area (Å²) in [5, 5.41) is 9.57. The first-order chi connectivity index (χ1) is 13.0. The molecule has 5 nitrogen and oxygen atoms in total. The van der Waals surface area contributed by atoms with E-state index in [1.165, 1.54) is 11.1 Å². The minimum absolute atomic E-state index is 0.0469. The van der Waals surface area contributed by atoms with Crippen LogP contribution in [0.1, 0.15) is 37.0 Å². The second-order valence-corrected chi connectivity index (χ2v) is 7.11. The summed E-state index contributed by atoms with van der Waals surface area (Å²) in [7, 11) is 1.76. The molecule has 0 atom stereocenters. The Bertz CT molecular complexity index is 766. The third-order valence-corrected chi connectivity index (χ3v) is 4.07. The Kier molecular flexibility index (Phi) is 7.86. The Labute approximate surface area is 162 Å². The van der Waals surface area contributed by atoms with Crippen molar-refractivity contribution in [3.05, 3.63) is 65.2 Å². The van der Waals surface area contributed by atoms with Gasteiger partial charge in [-0.05, 0) is 36.1 Å². The SMILES string of the molecule is CN=C(NCc1ccc(C)cc1)NCc1cccc(NC(=O)CC(C)C)c1. The van der Waals surface area contributed by atoms with Crippen molar-refractivity contribution >= 4 is 17.6 Å². The number of rotatable bonds is 7. The molecular formula is C22H30N4O. The number of carbonyl (C=O) groups excluding carboxylic acids is 1. The molecule has 0 aliphatic rings. The number of nitrogens with one attached hydrogen (secondary N) is 3. The summed E-state index contributed by atoms with van der Waals surface area (Å²) >= 11 is 0. The number of carbonyl (C=O) groups is 1. The van der Waals surface area contributed by atoms with Crippen LogP contribution in [0.3, 0.4) is 0 Å². The van der Waals surface area contributed by atoms with E-state index in [0.29, 0.717) is 25.4 Å². The predicted octanol–water partition coefficient (Wildman–Crippen LogP) is 3.84. The highest BCUT2D eigenvalue weighted by Gasteiger charge is 2.06. The van der Waals surface area contributed by atoms with Gasteiger partial charge in [0.15, 0.2) is 5.96 Å². The number of aryl methyl sites for hydroxylation is 1. The van der Waals surface area contributed by atoms with Crippen LogP contribution >= 0.6 is 0 Å². The highest BCUT2D eigenvalue weighted by Crippen LogP contribution is 2.12. The normalized spacial score (nSPS) is 11.4. The first-order valence-electron chi connectivity index (χ1n) is 9.35. The molecule has 27 heavy (non-hydrogen) atoms. The van der Waals surface area contributed by atoms with E-state index in [-0.39, 0.29) is 5.91 Å². The van der Waals surface area contributed by atoms with Crippen LogP contribution in [0.25, 0.3) is 0 Å². The number of hydrogen-bond acceptors (Lipinski definition) is 2. The van der Waals surface area contributed by atoms with Crippen molar-refractivity contribution in [2.24, 2.45) is 10.9 Å². The zero-order valence-electron chi connectivity index (χ0n) is 16.7. The molecule has 3 N–H and O–H groups in total. The fourth-order valence-corrected chi connectivity index (χ4v) is 2.64. The number of nitrogens with zero attached hydrogens (tertiary/aromatic N) is 1. The Balaban J connectivity index is 1.85. The van der Waals surface area contributed by atoms with Crippen molar-refractivity contribution in [2.45, 2.75) is 40.3 Å². The molecule has 2 aromatic rings. The molecule has 0 saturated heterocycles. The molecule has 0 unspecified atom stereocenters. The Morgan fingerprint density at radius 3 is 2.30 bits per heavy atom. The number of guanidine groups is 1. The lowest BCUT2D eigenvalue weighted by atomic mass is 10.1. The van der Waals surface area contributed by atoms with Gasteiger partial charge in [0, 0.05) is 32.2 Å². The summed E-state index contributed by atoms with van der Waals surface area (Å²) in [5.41, 5.74) is 4.36. The fourth-order valence-electron chi connectivity index (χ4n) is 2.64. The van der Waals surface area contributed by atoms with Crippen LogP contribution in [0.2, 0.25) is 0 Å². The lowest BCUT2D eigenvalue weighted by molar-refractivity contribution is -0.116. The van der Waals surface area contributed by atoms with Gasteiger partial charge in [0.1, 0.15) is 0 Å². The van der Waals surface area contributed by atoms with Gasteiger partial charge >= 0.3 is 0 Å². The maximum absolute atomic E-state index is 11.9. The summed E-state index contributed by atoms with van der Waals surface area (Å²) in [5.74, 6) is 1.13. The maximum atomic E-state index is 11.9. The Morgan fingerprint density at radius 1 is 1.00 bits per heavy atom. The van der Waals surface area contributed by atoms with Crippen molar-refractivity contribution in [1.29, 1.82) is 0 Å². The molecule has 0 aromatic heterocycles. The first kappa shape index (κ1) is 20.5. The summed E-state index contributed by atoms with van der Waals surface area (Å²) in [6.07, 6.45) is 0.526. The van der Waals surface area contributed by atoms with Crippen molar-refractivity contribution in [1.82, 2.24) is 10.6 Å². The molecule has 0 aliphatic heterocycles. The van der Waals surface area contributed by atoms with Crippen LogP contribution in [-0.2, 0) is 17.9 Å². The van der Waals surface area contributed by atoms with Gasteiger partial charge in [0.05, 0.1) is 0 Å². The standard InChI is InChI=1S/C22H30N4O/c1-16(2)12-21(27)26-20-7-5-6-19(13-20)15-25-22(23-4)24-14-18-10-8-17(3)9-11-18/h5-11,13,16H,12,14-15H2,1-4H3,(H,26,27)(H2,23,24,25). The van der Waals surface area contributed by atoms with Crippen molar-refractivity contribution in [3.8, 4) is 0 Å². The molecular weight excluding hydrogens is 336 g/mol. The zero-order chi connectivity index (χ0) is 19.6. The molecule has 2 rings (SSSR count). The van der Waals surface area contributed by atoms with E-state index in [9.17, 15) is 4.79 Å². The van der Waals surface area contributed by atoms with Crippen LogP contribution in [0.15, 0.2) is 53.5 Å². The van der Waals surface area contributed by atoms with E-state index in [1.54, 1.807) is 7.05 Å². The third-order valence-electron chi connectivity index (χ3n) is 4.07. The second kappa shape index (κ2) is 10.4. The lowest BCUT2D eigenvalue weighted by Gasteiger charge is -2.13. The predicted molar refractivity (Wildman–Crippen MR) is 113 cm³/mol. The second-order valence-electron chi connectivity index (χ2n) is 7.11. The van der Waals surface area contributed by atoms with E-state index in [0.717, 1.165) is 17.2 Å². The molecule has 0 saturated carbocycles. The van der Waals surface area contributed by atoms with E-state index >= 15 is 0 Å². The van der Waals surface area contributed by atoms with Crippen molar-refractivity contribution < 1.29 is 4.79 Å². The summed E-state index contributed by atoms with van der Waals surface area (Å²) in [6.45, 7) is 7.49. The van der Waals surface area contributed by atoms with Gasteiger partial charge in [-0.25, -0.2) is 0 Å². The third kappa shape index (κ3) is 7.52. The number of anilines is 1. The average molecular weight is 367 g/mol. The van der Waals surface area contributed by atoms with E-state index in [4.69, 9.17) is 0 Å². The van der Waals surface area contributed by atoms with E-state index in [2.05, 4.69) is 52.1 Å². The molecule has 0 heterocycles. The van der Waals surface area contributed by atoms with Crippen LogP contribution in [0.4, 0.5) is 5.69 Å². The maximum Gasteiger partial charge on any atom is 0.224 e. The number of aliphatic imine (C=N–C) groups is 1. The lowest BCUT2D eigenvalue weighted by Crippen LogP contribution is -2.36. The monoisotopic (exact) mass is 366 g/mol. The molecule has 1 amide bonds. The van der Waals surface area contributed by atoms with Gasteiger partial charge in [0.2, 0.25) is 5.91 Å². The number of benzene rings is 2. The molecule has 0 radical (unpaired) electrons. The fraction of sp³-hybridized carbons (Fsp3) is 0.364. The Morgan fingerprint density at radius 2 is 1.67 bits per heavy atom. The highest BCUT2D eigenvalue weighted by atomic mass is 16.1. The van der Waals surface area contributed by atoms with Gasteiger partial charge in [0.25, 0.3) is 0 Å². The van der Waals surface area contributed by atoms with Gasteiger partial charge in [-0.3, -0.25) is 9.79 Å². The van der Waals surface area contributed by atoms with Gasteiger partial charge in [-0.15, -0.1) is 0 Å². The topological polar surface area (TPSA) is 65.5 Å². The largest absolute Gasteiger partial charge is 0.352 e. The summed E-state index contributed by atoms with van der Waals surface area (Å²) < 4.78 is 0. The smallest absolute Gasteiger partial charge is 0.224 e. The summed E-state index contributed by atoms with van der Waals surface area (Å²) in [6, 6.07) is 16.3. The van der Waals surface area contributed by atoms with Crippen LogP contribution in [0, 0.1) is 12.8 Å². The molecule has 0 fully saturated rings. The van der Waals surface area contributed by atoms with Gasteiger partial charge < -0.3 is 16.0 Å². The summed E-state index contributed by atoms with van der Waals surface area (Å²) in [4.78, 5) is 16.2. The molecule has 0 spiro atoms. The van der Waals surface area contributed by atoms with Crippen molar-refractivity contribution in [3.63, 3.8) is 0 Å². The van der Waals surface area contributed by atoms with Gasteiger partial charge in [-0.2, -0.15) is 0 Å². The molecule has 5 heteroatoms. The minimum atomic E-state index is 0.0469. The molecule has 144 valence electrons. The highest BCUT2D eigenvalue weighted by molar-refractivity contribution is 5.90. The zero-order valence-corrected chi connectivity index (χ0v) is 16.7. The number of hydrogen-bond donors (Lipinski definition) is 3. The van der Waals surface area contributed by atoms with E-state index < -0.39 is 0 Å². The molecule has 0 aliphatic carbocycles. The quantitative estimate of drug-likeness (QED) is 0.515.